The van der Waals surface area contributed by atoms with Crippen LogP contribution in [0.4, 0.5) is 0 Å². The molecule has 3 unspecified atom stereocenters. The lowest BCUT2D eigenvalue weighted by molar-refractivity contribution is -0.142. The van der Waals surface area contributed by atoms with Gasteiger partial charge in [0.25, 0.3) is 0 Å². The molecule has 1 aromatic carbocycles. The highest BCUT2D eigenvalue weighted by Gasteiger charge is 2.32. The summed E-state index contributed by atoms with van der Waals surface area (Å²) in [6.45, 7) is 0. The van der Waals surface area contributed by atoms with Crippen LogP contribution in [0.1, 0.15) is 49.1 Å². The van der Waals surface area contributed by atoms with Gasteiger partial charge in [-0.1, -0.05) is 24.3 Å². The maximum absolute atomic E-state index is 12.2. The van der Waals surface area contributed by atoms with Gasteiger partial charge in [-0.05, 0) is 55.1 Å². The first-order valence-electron chi connectivity index (χ1n) is 9.14. The first-order chi connectivity index (χ1) is 12.3. The number of hydrogen-bond acceptors (Lipinski definition) is 4. The predicted octanol–water partition coefficient (Wildman–Crippen LogP) is 1.89. The number of carbonyl (C=O) groups excluding carboxylic acids is 1. The van der Waals surface area contributed by atoms with Crippen LogP contribution in [0.3, 0.4) is 0 Å². The molecule has 0 aromatic heterocycles. The number of carboxylic acid groups (broad SMARTS) is 1. The molecule has 0 saturated carbocycles. The Hall–Kier alpha value is -1.89. The fourth-order valence-corrected chi connectivity index (χ4v) is 6.02. The van der Waals surface area contributed by atoms with Crippen LogP contribution < -0.4 is 5.32 Å². The summed E-state index contributed by atoms with van der Waals surface area (Å²) < 4.78 is 23.0. The number of nitrogens with one attached hydrogen (secondary N) is 1. The summed E-state index contributed by atoms with van der Waals surface area (Å²) in [7, 11) is -3.04. The van der Waals surface area contributed by atoms with Crippen LogP contribution in [0.25, 0.3) is 0 Å². The van der Waals surface area contributed by atoms with Crippen LogP contribution in [0, 0.1) is 5.92 Å². The molecule has 0 spiro atoms. The van der Waals surface area contributed by atoms with E-state index in [-0.39, 0.29) is 35.7 Å². The number of amides is 1. The van der Waals surface area contributed by atoms with Crippen molar-refractivity contribution in [2.24, 2.45) is 5.92 Å². The average Bonchev–Trinajstić information content (AvgIpc) is 2.92. The van der Waals surface area contributed by atoms with E-state index < -0.39 is 21.8 Å². The summed E-state index contributed by atoms with van der Waals surface area (Å²) in [5.74, 6) is -1.36. The predicted molar refractivity (Wildman–Crippen MR) is 97.7 cm³/mol. The minimum atomic E-state index is -3.04. The highest BCUT2D eigenvalue weighted by atomic mass is 32.2. The fraction of sp³-hybridized carbons (Fsp3) is 0.579. The van der Waals surface area contributed by atoms with E-state index >= 15 is 0 Å². The van der Waals surface area contributed by atoms with E-state index in [0.29, 0.717) is 12.8 Å². The van der Waals surface area contributed by atoms with Crippen LogP contribution >= 0.6 is 0 Å². The molecule has 0 bridgehead atoms. The molecule has 7 heteroatoms. The summed E-state index contributed by atoms with van der Waals surface area (Å²) >= 11 is 0. The second-order valence-corrected chi connectivity index (χ2v) is 9.68. The number of aliphatic carboxylic acids is 1. The van der Waals surface area contributed by atoms with E-state index in [2.05, 4.69) is 11.4 Å². The largest absolute Gasteiger partial charge is 0.480 e. The molecule has 26 heavy (non-hydrogen) atoms. The summed E-state index contributed by atoms with van der Waals surface area (Å²) in [5, 5.41) is 12.1. The molecule has 1 amide bonds. The number of fused-ring (bicyclic) bond motifs is 1. The molecular formula is C19H25NO5S. The minimum absolute atomic E-state index is 0.0220. The van der Waals surface area contributed by atoms with Gasteiger partial charge in [0.1, 0.15) is 6.04 Å². The molecule has 1 fully saturated rings. The Morgan fingerprint density at radius 2 is 2.00 bits per heavy atom. The van der Waals surface area contributed by atoms with Gasteiger partial charge in [0, 0.05) is 6.42 Å². The van der Waals surface area contributed by atoms with Gasteiger partial charge in [-0.25, -0.2) is 13.2 Å². The Labute approximate surface area is 153 Å². The Morgan fingerprint density at radius 1 is 1.23 bits per heavy atom. The van der Waals surface area contributed by atoms with Crippen molar-refractivity contribution >= 4 is 21.7 Å². The summed E-state index contributed by atoms with van der Waals surface area (Å²) in [5.41, 5.74) is 2.44. The molecule has 142 valence electrons. The van der Waals surface area contributed by atoms with Crippen LogP contribution in [0.15, 0.2) is 24.3 Å². The van der Waals surface area contributed by atoms with E-state index in [9.17, 15) is 23.1 Å². The van der Waals surface area contributed by atoms with E-state index in [0.717, 1.165) is 19.3 Å². The lowest BCUT2D eigenvalue weighted by atomic mass is 9.79. The number of carboxylic acids is 1. The first kappa shape index (κ1) is 18.9. The molecule has 3 atom stereocenters. The van der Waals surface area contributed by atoms with E-state index in [1.54, 1.807) is 0 Å². The minimum Gasteiger partial charge on any atom is -0.480 e. The lowest BCUT2D eigenvalue weighted by Crippen LogP contribution is -2.42. The third-order valence-corrected chi connectivity index (χ3v) is 7.28. The summed E-state index contributed by atoms with van der Waals surface area (Å²) in [6.07, 6.45) is 3.85. The van der Waals surface area contributed by atoms with E-state index in [1.165, 1.54) is 11.1 Å². The Morgan fingerprint density at radius 3 is 2.69 bits per heavy atom. The number of benzene rings is 1. The average molecular weight is 379 g/mol. The van der Waals surface area contributed by atoms with Crippen LogP contribution in [0.2, 0.25) is 0 Å². The van der Waals surface area contributed by atoms with Crippen molar-refractivity contribution in [2.75, 3.05) is 11.5 Å². The number of hydrogen-bond donors (Lipinski definition) is 2. The molecule has 1 saturated heterocycles. The van der Waals surface area contributed by atoms with Crippen LogP contribution in [-0.4, -0.2) is 42.9 Å². The van der Waals surface area contributed by atoms with Crippen molar-refractivity contribution < 1.29 is 23.1 Å². The molecule has 1 aliphatic carbocycles. The molecule has 1 aromatic rings. The number of rotatable bonds is 6. The fourth-order valence-electron chi connectivity index (χ4n) is 4.15. The SMILES string of the molecule is O=C(CC1CCS(=O)(=O)C1)NC(CC1CCCc2ccccc21)C(=O)O. The number of carbonyl (C=O) groups is 2. The third kappa shape index (κ3) is 4.63. The molecule has 1 heterocycles. The van der Waals surface area contributed by atoms with Gasteiger partial charge in [0.05, 0.1) is 11.5 Å². The first-order valence-corrected chi connectivity index (χ1v) is 11.0. The maximum Gasteiger partial charge on any atom is 0.326 e. The van der Waals surface area contributed by atoms with Crippen LogP contribution in [-0.2, 0) is 25.8 Å². The number of aryl methyl sites for hydroxylation is 1. The Bertz CT molecular complexity index is 789. The van der Waals surface area contributed by atoms with Crippen molar-refractivity contribution in [3.05, 3.63) is 35.4 Å². The van der Waals surface area contributed by atoms with Crippen molar-refractivity contribution in [2.45, 2.75) is 50.5 Å². The van der Waals surface area contributed by atoms with Gasteiger partial charge in [0.15, 0.2) is 9.84 Å². The van der Waals surface area contributed by atoms with Crippen molar-refractivity contribution in [3.8, 4) is 0 Å². The second kappa shape index (κ2) is 7.78. The zero-order chi connectivity index (χ0) is 18.7. The van der Waals surface area contributed by atoms with Gasteiger partial charge in [-0.3, -0.25) is 4.79 Å². The van der Waals surface area contributed by atoms with Crippen molar-refractivity contribution in [1.82, 2.24) is 5.32 Å². The molecule has 0 radical (unpaired) electrons. The van der Waals surface area contributed by atoms with Gasteiger partial charge in [-0.15, -0.1) is 0 Å². The highest BCUT2D eigenvalue weighted by Crippen LogP contribution is 2.34. The Kier molecular flexibility index (Phi) is 5.65. The Balaban J connectivity index is 1.61. The maximum atomic E-state index is 12.2. The molecular weight excluding hydrogens is 354 g/mol. The van der Waals surface area contributed by atoms with Gasteiger partial charge in [-0.2, -0.15) is 0 Å². The summed E-state index contributed by atoms with van der Waals surface area (Å²) in [6, 6.07) is 7.13. The van der Waals surface area contributed by atoms with Crippen molar-refractivity contribution in [1.29, 1.82) is 0 Å². The van der Waals surface area contributed by atoms with Gasteiger partial charge < -0.3 is 10.4 Å². The standard InChI is InChI=1S/C19H25NO5S/c21-18(10-13-8-9-26(24,25)12-13)20-17(19(22)23)11-15-6-3-5-14-4-1-2-7-16(14)15/h1-2,4,7,13,15,17H,3,5-6,8-12H2,(H,20,21)(H,22,23). The molecule has 1 aliphatic heterocycles. The van der Waals surface area contributed by atoms with Crippen molar-refractivity contribution in [3.63, 3.8) is 0 Å². The molecule has 2 N–H and O–H groups in total. The quantitative estimate of drug-likeness (QED) is 0.786. The lowest BCUT2D eigenvalue weighted by Gasteiger charge is -2.28. The van der Waals surface area contributed by atoms with Gasteiger partial charge >= 0.3 is 5.97 Å². The zero-order valence-electron chi connectivity index (χ0n) is 14.7. The second-order valence-electron chi connectivity index (χ2n) is 7.46. The van der Waals surface area contributed by atoms with Crippen LogP contribution in [0.5, 0.6) is 0 Å². The van der Waals surface area contributed by atoms with E-state index in [1.807, 2.05) is 18.2 Å². The summed E-state index contributed by atoms with van der Waals surface area (Å²) in [4.78, 5) is 23.9. The highest BCUT2D eigenvalue weighted by molar-refractivity contribution is 7.91. The molecule has 6 nitrogen and oxygen atoms in total. The monoisotopic (exact) mass is 379 g/mol. The number of sulfone groups is 1. The smallest absolute Gasteiger partial charge is 0.326 e. The molecule has 3 rings (SSSR count). The zero-order valence-corrected chi connectivity index (χ0v) is 15.5. The molecule has 2 aliphatic rings. The topological polar surface area (TPSA) is 101 Å². The third-order valence-electron chi connectivity index (χ3n) is 5.45. The van der Waals surface area contributed by atoms with Gasteiger partial charge in [0.2, 0.25) is 5.91 Å². The van der Waals surface area contributed by atoms with E-state index in [4.69, 9.17) is 0 Å². The normalized spacial score (nSPS) is 25.2.